The molecule has 0 amide bonds. The topological polar surface area (TPSA) is 26.3 Å². The highest BCUT2D eigenvalue weighted by molar-refractivity contribution is 5.70. The van der Waals surface area contributed by atoms with Crippen LogP contribution in [-0.2, 0) is 9.53 Å². The monoisotopic (exact) mass is 210 g/mol. The van der Waals surface area contributed by atoms with Crippen molar-refractivity contribution in [1.29, 1.82) is 0 Å². The molecule has 2 rings (SSSR count). The van der Waals surface area contributed by atoms with Crippen molar-refractivity contribution in [1.82, 2.24) is 0 Å². The molecule has 0 aromatic rings. The minimum atomic E-state index is 0.0231. The van der Waals surface area contributed by atoms with Crippen molar-refractivity contribution in [2.24, 2.45) is 11.8 Å². The zero-order chi connectivity index (χ0) is 10.5. The van der Waals surface area contributed by atoms with Gasteiger partial charge >= 0.3 is 5.97 Å². The molecule has 15 heavy (non-hydrogen) atoms. The number of hydrogen-bond acceptors (Lipinski definition) is 2. The van der Waals surface area contributed by atoms with Crippen molar-refractivity contribution in [3.05, 3.63) is 0 Å². The van der Waals surface area contributed by atoms with Crippen LogP contribution in [0.5, 0.6) is 0 Å². The summed E-state index contributed by atoms with van der Waals surface area (Å²) in [5.74, 6) is 1.60. The van der Waals surface area contributed by atoms with Crippen LogP contribution in [-0.4, -0.2) is 12.6 Å². The van der Waals surface area contributed by atoms with E-state index in [0.717, 1.165) is 12.3 Å². The number of esters is 1. The minimum Gasteiger partial charge on any atom is -0.466 e. The fourth-order valence-corrected chi connectivity index (χ4v) is 2.93. The number of hydrogen-bond donors (Lipinski definition) is 0. The first-order valence-corrected chi connectivity index (χ1v) is 6.50. The van der Waals surface area contributed by atoms with Gasteiger partial charge in [-0.15, -0.1) is 0 Å². The zero-order valence-electron chi connectivity index (χ0n) is 9.54. The summed E-state index contributed by atoms with van der Waals surface area (Å²) >= 11 is 0. The fraction of sp³-hybridized carbons (Fsp3) is 0.923. The lowest BCUT2D eigenvalue weighted by molar-refractivity contribution is -0.149. The predicted molar refractivity (Wildman–Crippen MR) is 59.5 cm³/mol. The summed E-state index contributed by atoms with van der Waals surface area (Å²) in [6.45, 7) is 0.661. The highest BCUT2D eigenvalue weighted by atomic mass is 16.5. The van der Waals surface area contributed by atoms with Gasteiger partial charge in [0.15, 0.2) is 0 Å². The molecule has 2 nitrogen and oxygen atoms in total. The first-order chi connectivity index (χ1) is 7.34. The molecule has 0 spiro atoms. The molecule has 2 aliphatic rings. The van der Waals surface area contributed by atoms with Crippen molar-refractivity contribution in [3.63, 3.8) is 0 Å². The molecule has 0 aromatic heterocycles. The van der Waals surface area contributed by atoms with Crippen LogP contribution in [0.1, 0.15) is 57.8 Å². The van der Waals surface area contributed by atoms with Gasteiger partial charge < -0.3 is 4.74 Å². The van der Waals surface area contributed by atoms with E-state index in [2.05, 4.69) is 0 Å². The highest BCUT2D eigenvalue weighted by Crippen LogP contribution is 2.30. The maximum atomic E-state index is 11.1. The number of carbonyl (C=O) groups is 1. The van der Waals surface area contributed by atoms with Gasteiger partial charge in [-0.3, -0.25) is 4.79 Å². The minimum absolute atomic E-state index is 0.0231. The van der Waals surface area contributed by atoms with Crippen LogP contribution in [0.15, 0.2) is 0 Å². The summed E-state index contributed by atoms with van der Waals surface area (Å²) in [5, 5.41) is 0. The first-order valence-electron chi connectivity index (χ1n) is 6.50. The Hall–Kier alpha value is -0.530. The van der Waals surface area contributed by atoms with E-state index < -0.39 is 0 Å². The third kappa shape index (κ3) is 3.51. The van der Waals surface area contributed by atoms with Gasteiger partial charge in [-0.05, 0) is 24.7 Å². The molecular formula is C13H22O2. The van der Waals surface area contributed by atoms with E-state index in [0.29, 0.717) is 18.9 Å². The lowest BCUT2D eigenvalue weighted by Gasteiger charge is -2.25. The quantitative estimate of drug-likeness (QED) is 0.668. The van der Waals surface area contributed by atoms with Gasteiger partial charge in [0.1, 0.15) is 0 Å². The van der Waals surface area contributed by atoms with Crippen molar-refractivity contribution >= 4 is 5.97 Å². The number of rotatable bonds is 3. The van der Waals surface area contributed by atoms with E-state index in [-0.39, 0.29) is 5.97 Å². The molecule has 0 N–H and O–H groups in total. The van der Waals surface area contributed by atoms with Crippen molar-refractivity contribution in [2.45, 2.75) is 57.8 Å². The van der Waals surface area contributed by atoms with Crippen LogP contribution < -0.4 is 0 Å². The molecule has 0 aromatic carbocycles. The smallest absolute Gasteiger partial charge is 0.306 e. The predicted octanol–water partition coefficient (Wildman–Crippen LogP) is 3.30. The van der Waals surface area contributed by atoms with E-state index in [4.69, 9.17) is 4.74 Å². The van der Waals surface area contributed by atoms with Gasteiger partial charge in [0.25, 0.3) is 0 Å². The van der Waals surface area contributed by atoms with E-state index in [1.165, 1.54) is 44.9 Å². The lowest BCUT2D eigenvalue weighted by Crippen LogP contribution is -2.21. The molecule has 0 radical (unpaired) electrons. The first kappa shape index (κ1) is 11.0. The molecule has 2 heteroatoms. The normalized spacial score (nSPS) is 28.8. The Bertz CT molecular complexity index is 207. The highest BCUT2D eigenvalue weighted by Gasteiger charge is 2.22. The molecule has 2 fully saturated rings. The summed E-state index contributed by atoms with van der Waals surface area (Å²) in [5.41, 5.74) is 0. The Labute approximate surface area is 92.4 Å². The molecule has 1 heterocycles. The van der Waals surface area contributed by atoms with Gasteiger partial charge in [0, 0.05) is 6.42 Å². The molecule has 1 aliphatic carbocycles. The molecule has 1 atom stereocenters. The number of carbonyl (C=O) groups excluding carboxylic acids is 1. The van der Waals surface area contributed by atoms with Gasteiger partial charge in [-0.2, -0.15) is 0 Å². The summed E-state index contributed by atoms with van der Waals surface area (Å²) in [4.78, 5) is 11.1. The average molecular weight is 210 g/mol. The molecule has 0 bridgehead atoms. The maximum absolute atomic E-state index is 11.1. The Balaban J connectivity index is 1.65. The average Bonchev–Trinajstić information content (AvgIpc) is 2.28. The Kier molecular flexibility index (Phi) is 4.04. The summed E-state index contributed by atoms with van der Waals surface area (Å²) in [7, 11) is 0. The van der Waals surface area contributed by atoms with Gasteiger partial charge in [-0.1, -0.05) is 38.5 Å². The third-order valence-electron chi connectivity index (χ3n) is 3.95. The second-order valence-electron chi connectivity index (χ2n) is 5.16. The van der Waals surface area contributed by atoms with E-state index in [9.17, 15) is 4.79 Å². The largest absolute Gasteiger partial charge is 0.466 e. The van der Waals surface area contributed by atoms with Crippen molar-refractivity contribution in [2.75, 3.05) is 6.61 Å². The Morgan fingerprint density at radius 1 is 1.00 bits per heavy atom. The number of cyclic esters (lactones) is 1. The standard InChI is InChI=1S/C13H22O2/c14-13-10-12(8-9-15-13)7-6-11-4-2-1-3-5-11/h11-12H,1-10H2. The van der Waals surface area contributed by atoms with Crippen LogP contribution in [0.3, 0.4) is 0 Å². The Morgan fingerprint density at radius 3 is 2.47 bits per heavy atom. The van der Waals surface area contributed by atoms with Crippen LogP contribution in [0.2, 0.25) is 0 Å². The van der Waals surface area contributed by atoms with E-state index in [1.807, 2.05) is 0 Å². The summed E-state index contributed by atoms with van der Waals surface area (Å²) < 4.78 is 4.96. The second kappa shape index (κ2) is 5.53. The van der Waals surface area contributed by atoms with Crippen LogP contribution >= 0.6 is 0 Å². The van der Waals surface area contributed by atoms with Crippen LogP contribution in [0, 0.1) is 11.8 Å². The summed E-state index contributed by atoms with van der Waals surface area (Å²) in [6, 6.07) is 0. The molecule has 1 saturated carbocycles. The SMILES string of the molecule is O=C1CC(CCC2CCCCC2)CCO1. The van der Waals surface area contributed by atoms with Crippen molar-refractivity contribution < 1.29 is 9.53 Å². The summed E-state index contributed by atoms with van der Waals surface area (Å²) in [6.07, 6.45) is 11.5. The molecular weight excluding hydrogens is 188 g/mol. The molecule has 1 unspecified atom stereocenters. The van der Waals surface area contributed by atoms with Crippen LogP contribution in [0.4, 0.5) is 0 Å². The third-order valence-corrected chi connectivity index (χ3v) is 3.95. The molecule has 1 saturated heterocycles. The zero-order valence-corrected chi connectivity index (χ0v) is 9.54. The molecule has 86 valence electrons. The lowest BCUT2D eigenvalue weighted by atomic mass is 9.83. The van der Waals surface area contributed by atoms with Crippen LogP contribution in [0.25, 0.3) is 0 Å². The van der Waals surface area contributed by atoms with E-state index in [1.54, 1.807) is 0 Å². The maximum Gasteiger partial charge on any atom is 0.306 e. The van der Waals surface area contributed by atoms with E-state index >= 15 is 0 Å². The van der Waals surface area contributed by atoms with Crippen molar-refractivity contribution in [3.8, 4) is 0 Å². The van der Waals surface area contributed by atoms with Gasteiger partial charge in [0.2, 0.25) is 0 Å². The number of ether oxygens (including phenoxy) is 1. The molecule has 1 aliphatic heterocycles. The Morgan fingerprint density at radius 2 is 1.73 bits per heavy atom. The van der Waals surface area contributed by atoms with Gasteiger partial charge in [0.05, 0.1) is 6.61 Å². The fourth-order valence-electron chi connectivity index (χ4n) is 2.93. The second-order valence-corrected chi connectivity index (χ2v) is 5.16. The van der Waals surface area contributed by atoms with Gasteiger partial charge in [-0.25, -0.2) is 0 Å².